The molecule has 6 aliphatic heterocycles. The van der Waals surface area contributed by atoms with E-state index in [0.29, 0.717) is 54.5 Å². The molecule has 0 aromatic heterocycles. The van der Waals surface area contributed by atoms with Gasteiger partial charge in [-0.15, -0.1) is 0 Å². The maximum Gasteiger partial charge on any atom is 0.191 e. The van der Waals surface area contributed by atoms with Crippen LogP contribution in [0.15, 0.2) is 303 Å². The van der Waals surface area contributed by atoms with Crippen LogP contribution < -0.4 is 68.5 Å². The zero-order valence-corrected chi connectivity index (χ0v) is 83.5. The summed E-state index contributed by atoms with van der Waals surface area (Å²) in [5, 5.41) is 46.0. The molecule has 0 amide bonds. The Morgan fingerprint density at radius 1 is 0.294 bits per heavy atom. The summed E-state index contributed by atoms with van der Waals surface area (Å²) < 4.78 is 19.7. The van der Waals surface area contributed by atoms with Gasteiger partial charge in [0.1, 0.15) is 11.6 Å². The summed E-state index contributed by atoms with van der Waals surface area (Å²) in [4.78, 5) is 26.5. The van der Waals surface area contributed by atoms with Crippen molar-refractivity contribution in [2.45, 2.75) is 95.5 Å². The highest BCUT2D eigenvalue weighted by molar-refractivity contribution is 6.43. The van der Waals surface area contributed by atoms with Gasteiger partial charge in [0.15, 0.2) is 35.8 Å². The number of aryl methyl sites for hydroxylation is 2. The Morgan fingerprint density at radius 3 is 1.10 bits per heavy atom. The van der Waals surface area contributed by atoms with Crippen molar-refractivity contribution >= 4 is 152 Å². The molecular weight excluding hydrogens is 1910 g/mol. The van der Waals surface area contributed by atoms with Crippen LogP contribution in [0.3, 0.4) is 0 Å². The number of rotatable bonds is 25. The van der Waals surface area contributed by atoms with Crippen LogP contribution in [0.4, 0.5) is 4.39 Å². The summed E-state index contributed by atoms with van der Waals surface area (Å²) in [6, 6.07) is 89.5. The third-order valence-electron chi connectivity index (χ3n) is 23.0. The van der Waals surface area contributed by atoms with E-state index in [4.69, 9.17) is 121 Å². The molecule has 6 atom stereocenters. The van der Waals surface area contributed by atoms with Crippen LogP contribution in [0.2, 0.25) is 50.2 Å². The molecule has 19 nitrogen and oxygen atoms in total. The summed E-state index contributed by atoms with van der Waals surface area (Å²) in [7, 11) is 1.67. The van der Waals surface area contributed by atoms with E-state index in [9.17, 15) is 4.39 Å². The van der Waals surface area contributed by atoms with Gasteiger partial charge in [0.2, 0.25) is 0 Å². The van der Waals surface area contributed by atoms with E-state index >= 15 is 0 Å². The number of hydrogen-bond donors (Lipinski definition) is 12. The van der Waals surface area contributed by atoms with Crippen LogP contribution in [-0.2, 0) is 38.5 Å². The van der Waals surface area contributed by atoms with Crippen molar-refractivity contribution in [3.8, 4) is 5.75 Å². The molecule has 0 saturated carbocycles. The zero-order valence-electron chi connectivity index (χ0n) is 75.9. The summed E-state index contributed by atoms with van der Waals surface area (Å²) >= 11 is 62.2. The molecule has 6 heterocycles. The monoisotopic (exact) mass is 2020 g/mol. The van der Waals surface area contributed by atoms with E-state index in [2.05, 4.69) is 212 Å². The Balaban J connectivity index is 0.000000138. The summed E-state index contributed by atoms with van der Waals surface area (Å²) in [5.74, 6) is 5.32. The Labute approximate surface area is 847 Å². The minimum atomic E-state index is -0.379. The molecule has 0 aliphatic carbocycles. The number of guanidine groups is 6. The van der Waals surface area contributed by atoms with Gasteiger partial charge in [-0.3, -0.25) is 30.0 Å². The molecule has 6 unspecified atom stereocenters. The highest BCUT2D eigenvalue weighted by Gasteiger charge is 2.27. The molecule has 708 valence electrons. The van der Waals surface area contributed by atoms with Gasteiger partial charge >= 0.3 is 0 Å². The second-order valence-electron chi connectivity index (χ2n) is 32.8. The third-order valence-corrected chi connectivity index (χ3v) is 26.4. The molecule has 30 heteroatoms. The van der Waals surface area contributed by atoms with Gasteiger partial charge in [-0.1, -0.05) is 316 Å². The van der Waals surface area contributed by atoms with E-state index < -0.39 is 0 Å². The first-order valence-corrected chi connectivity index (χ1v) is 49.0. The van der Waals surface area contributed by atoms with Crippen LogP contribution in [0.5, 0.6) is 5.75 Å². The molecule has 12 aromatic rings. The van der Waals surface area contributed by atoms with Crippen LogP contribution in [-0.4, -0.2) is 121 Å². The van der Waals surface area contributed by atoms with Crippen LogP contribution >= 0.6 is 116 Å². The van der Waals surface area contributed by atoms with Gasteiger partial charge in [0, 0.05) is 69.9 Å². The summed E-state index contributed by atoms with van der Waals surface area (Å²) in [6.07, 6.45) is 4.66. The minimum absolute atomic E-state index is 0.0485. The average Bonchev–Trinajstić information content (AvgIpc) is 1.76. The van der Waals surface area contributed by atoms with Crippen molar-refractivity contribution in [3.63, 3.8) is 0 Å². The number of methoxy groups -OCH3 is 1. The molecule has 0 bridgehead atoms. The van der Waals surface area contributed by atoms with Gasteiger partial charge in [-0.25, -0.2) is 4.39 Å². The number of nitrogens with one attached hydrogen (secondary N) is 12. The molecule has 0 fully saturated rings. The van der Waals surface area contributed by atoms with Gasteiger partial charge in [-0.05, 0) is 210 Å². The van der Waals surface area contributed by atoms with E-state index in [1.165, 1.54) is 44.5 Å². The number of aliphatic imine (C=N–C) groups is 6. The molecule has 0 saturated heterocycles. The number of benzene rings is 12. The number of ether oxygens (including phenoxy) is 1. The first kappa shape index (κ1) is 102. The molecule has 6 aliphatic rings. The van der Waals surface area contributed by atoms with E-state index in [-0.39, 0.29) is 47.1 Å². The second-order valence-corrected chi connectivity index (χ2v) is 36.9. The Hall–Kier alpha value is -11.1. The van der Waals surface area contributed by atoms with Crippen molar-refractivity contribution in [1.82, 2.24) is 63.8 Å². The molecule has 136 heavy (non-hydrogen) atoms. The highest BCUT2D eigenvalue weighted by atomic mass is 35.5. The Bertz CT molecular complexity index is 6000. The van der Waals surface area contributed by atoms with Crippen LogP contribution in [0, 0.1) is 26.6 Å². The average molecular weight is 2030 g/mol. The van der Waals surface area contributed by atoms with Crippen molar-refractivity contribution in [3.05, 3.63) is 412 Å². The molecule has 12 aromatic carbocycles. The van der Waals surface area contributed by atoms with Gasteiger partial charge < -0.3 is 68.5 Å². The Kier molecular flexibility index (Phi) is 39.9. The summed E-state index contributed by atoms with van der Waals surface area (Å²) in [5.41, 5.74) is 16.7. The van der Waals surface area contributed by atoms with E-state index in [1.54, 1.807) is 49.6 Å². The van der Waals surface area contributed by atoms with Crippen molar-refractivity contribution in [2.75, 3.05) is 85.6 Å². The molecule has 0 radical (unpaired) electrons. The quantitative estimate of drug-likeness (QED) is 0.0256. The lowest BCUT2D eigenvalue weighted by molar-refractivity contribution is 0.414. The molecule has 0 spiro atoms. The maximum absolute atomic E-state index is 14.4. The predicted octanol–water partition coefficient (Wildman–Crippen LogP) is 22.7. The van der Waals surface area contributed by atoms with Crippen LogP contribution in [0.1, 0.15) is 120 Å². The normalized spacial score (nSPS) is 15.0. The maximum atomic E-state index is 14.4. The molecular formula is C106H111Cl10FN18O. The van der Waals surface area contributed by atoms with Crippen LogP contribution in [0.25, 0.3) is 0 Å². The second kappa shape index (κ2) is 53.0. The lowest BCUT2D eigenvalue weighted by atomic mass is 9.95. The SMILES string of the molecule is COc1cccc(CC(NC2=NCCN2)c2cccc(Cl)c2Cl)c1.Cc1c(Cl)cccc1C(Cc1ccccc1)NC1=NCCN1.Cc1ccc(CC(NC2=NCCN2)c2cccc(Cl)c2)cc1.Cc1ccccc1CC(NC1=NCCN1)c1cccc(Cl)c1.Clc1ccc(Cl)c(CC(NC2=NCCN2)c2cccc(Cl)c2Cl)c1.Fc1c(Cl)cccc1C(Cc1ccccc1)NC1=NCCN1. The lowest BCUT2D eigenvalue weighted by Gasteiger charge is -2.23. The first-order valence-electron chi connectivity index (χ1n) is 45.2. The molecule has 18 rings (SSSR count). The fraction of sp³-hybridized carbons (Fsp3) is 0.264. The van der Waals surface area contributed by atoms with Gasteiger partial charge in [0.05, 0.1) is 108 Å². The van der Waals surface area contributed by atoms with Gasteiger partial charge in [0.25, 0.3) is 0 Å². The topological polar surface area (TPSA) is 228 Å². The standard InChI is InChI=1S/C18H19Cl2N3O.3C18H20ClN3.C17H15Cl4N3.C17H17ClFN3/c1-24-13-5-2-4-12(10-13)11-16(23-18-21-8-9-22-18)14-6-3-7-15(19)17(14)20;1-13-5-2-3-6-14(13)12-17(22-18-20-9-10-21-18)15-7-4-8-16(19)11-15;1-13-5-7-14(8-6-13)11-17(22-18-20-9-10-21-18)15-3-2-4-16(19)12-15;1-13-15(8-5-9-16(13)19)17(22-18-20-10-11-21-18)12-14-6-3-2-4-7-14;18-11-4-5-13(19)10(8-11)9-15(24-17-22-6-7-23-17)12-2-1-3-14(20)16(12)21;18-14-8-4-7-13(16(14)19)15(22-17-20-9-10-21-17)11-12-5-2-1-3-6-12/h2-7,10,16H,8-9,11H2,1H3,(H2,21,22,23);2-8,11,17H,9-10,12H2,1H3,(H2,20,21,22);2-8,12,17H,9-11H2,1H3,(H2,20,21,22);2-9,17H,10-12H2,1H3,(H2,20,21,22);1-5,8,15H,6-7,9H2,(H2,22,23,24);1-8,15H,9-11H2,(H2,20,21,22). The number of nitrogens with zero attached hydrogens (tertiary/aromatic N) is 6. The van der Waals surface area contributed by atoms with E-state index in [0.717, 1.165) is 188 Å². The first-order chi connectivity index (χ1) is 66.1. The largest absolute Gasteiger partial charge is 0.497 e. The summed E-state index contributed by atoms with van der Waals surface area (Å²) in [6.45, 7) is 16.2. The van der Waals surface area contributed by atoms with Gasteiger partial charge in [-0.2, -0.15) is 0 Å². The van der Waals surface area contributed by atoms with Crippen molar-refractivity contribution in [1.29, 1.82) is 0 Å². The van der Waals surface area contributed by atoms with Crippen molar-refractivity contribution in [2.24, 2.45) is 30.0 Å². The zero-order chi connectivity index (χ0) is 95.5. The predicted molar refractivity (Wildman–Crippen MR) is 567 cm³/mol. The fourth-order valence-electron chi connectivity index (χ4n) is 15.9. The minimum Gasteiger partial charge on any atom is -0.497 e. The number of halogens is 11. The molecule has 12 N–H and O–H groups in total. The van der Waals surface area contributed by atoms with Crippen molar-refractivity contribution < 1.29 is 9.13 Å². The lowest BCUT2D eigenvalue weighted by Crippen LogP contribution is -2.37. The fourth-order valence-corrected chi connectivity index (χ4v) is 17.9. The highest BCUT2D eigenvalue weighted by Crippen LogP contribution is 2.37. The number of hydrogen-bond acceptors (Lipinski definition) is 19. The smallest absolute Gasteiger partial charge is 0.191 e. The Morgan fingerprint density at radius 2 is 0.647 bits per heavy atom. The van der Waals surface area contributed by atoms with E-state index in [1.807, 2.05) is 133 Å². The third kappa shape index (κ3) is 31.5.